The summed E-state index contributed by atoms with van der Waals surface area (Å²) < 4.78 is 10.3. The number of rotatable bonds is 6. The van der Waals surface area contributed by atoms with Crippen LogP contribution in [-0.4, -0.2) is 20.1 Å². The van der Waals surface area contributed by atoms with Gasteiger partial charge in [-0.3, -0.25) is 4.79 Å². The van der Waals surface area contributed by atoms with Gasteiger partial charge in [-0.15, -0.1) is 0 Å². The van der Waals surface area contributed by atoms with E-state index in [0.29, 0.717) is 6.54 Å². The molecular weight excluding hydrogens is 290 g/mol. The van der Waals surface area contributed by atoms with Crippen LogP contribution in [0.5, 0.6) is 11.5 Å². The van der Waals surface area contributed by atoms with Crippen molar-refractivity contribution in [3.63, 3.8) is 0 Å². The smallest absolute Gasteiger partial charge is 0.230 e. The van der Waals surface area contributed by atoms with Gasteiger partial charge in [0, 0.05) is 6.54 Å². The maximum absolute atomic E-state index is 12.6. The molecule has 0 spiro atoms. The Hall–Kier alpha value is -2.49. The predicted octanol–water partition coefficient (Wildman–Crippen LogP) is 3.05. The van der Waals surface area contributed by atoms with E-state index in [4.69, 9.17) is 9.47 Å². The van der Waals surface area contributed by atoms with Crippen molar-refractivity contribution in [2.75, 3.05) is 14.2 Å². The van der Waals surface area contributed by atoms with Crippen molar-refractivity contribution in [3.8, 4) is 11.5 Å². The third kappa shape index (κ3) is 3.16. The number of ether oxygens (including phenoxy) is 2. The molecule has 0 unspecified atom stereocenters. The quantitative estimate of drug-likeness (QED) is 0.892. The first-order valence-electron chi connectivity index (χ1n) is 7.74. The van der Waals surface area contributed by atoms with Crippen LogP contribution >= 0.6 is 0 Å². The van der Waals surface area contributed by atoms with Gasteiger partial charge in [0.15, 0.2) is 0 Å². The van der Waals surface area contributed by atoms with Gasteiger partial charge in [0.1, 0.15) is 11.5 Å². The first kappa shape index (κ1) is 15.4. The van der Waals surface area contributed by atoms with Gasteiger partial charge >= 0.3 is 0 Å². The second kappa shape index (κ2) is 6.32. The number of carbonyl (C=O) groups excluding carboxylic acids is 1. The molecule has 0 bridgehead atoms. The summed E-state index contributed by atoms with van der Waals surface area (Å²) in [5, 5.41) is 3.06. The predicted molar refractivity (Wildman–Crippen MR) is 88.7 cm³/mol. The standard InChI is InChI=1S/C19H21NO3/c1-22-16-7-3-14(4-8-16)13-20-18(21)19(11-12-19)15-5-9-17(23-2)10-6-15/h3-10H,11-13H2,1-2H3,(H,20,21). The lowest BCUT2D eigenvalue weighted by Crippen LogP contribution is -2.34. The summed E-state index contributed by atoms with van der Waals surface area (Å²) in [6.45, 7) is 0.529. The molecule has 2 aromatic rings. The molecule has 0 aliphatic heterocycles. The molecule has 1 aliphatic carbocycles. The zero-order valence-corrected chi connectivity index (χ0v) is 13.5. The molecule has 0 heterocycles. The Balaban J connectivity index is 1.64. The first-order chi connectivity index (χ1) is 11.2. The molecule has 1 saturated carbocycles. The Bertz CT molecular complexity index is 673. The van der Waals surface area contributed by atoms with Gasteiger partial charge in [-0.1, -0.05) is 24.3 Å². The molecule has 2 aromatic carbocycles. The fourth-order valence-electron chi connectivity index (χ4n) is 2.78. The lowest BCUT2D eigenvalue weighted by molar-refractivity contribution is -0.123. The lowest BCUT2D eigenvalue weighted by Gasteiger charge is -2.16. The molecule has 4 heteroatoms. The Kier molecular flexibility index (Phi) is 4.24. The molecule has 4 nitrogen and oxygen atoms in total. The molecule has 120 valence electrons. The van der Waals surface area contributed by atoms with Gasteiger partial charge in [-0.05, 0) is 48.2 Å². The second-order valence-electron chi connectivity index (χ2n) is 5.84. The molecule has 1 fully saturated rings. The van der Waals surface area contributed by atoms with Crippen LogP contribution in [-0.2, 0) is 16.8 Å². The highest BCUT2D eigenvalue weighted by molar-refractivity contribution is 5.91. The lowest BCUT2D eigenvalue weighted by atomic mass is 9.95. The van der Waals surface area contributed by atoms with Crippen molar-refractivity contribution >= 4 is 5.91 Å². The van der Waals surface area contributed by atoms with Gasteiger partial charge in [-0.2, -0.15) is 0 Å². The number of methoxy groups -OCH3 is 2. The van der Waals surface area contributed by atoms with Crippen LogP contribution in [0.3, 0.4) is 0 Å². The largest absolute Gasteiger partial charge is 0.497 e. The van der Waals surface area contributed by atoms with Crippen LogP contribution in [0.25, 0.3) is 0 Å². The highest BCUT2D eigenvalue weighted by atomic mass is 16.5. The summed E-state index contributed by atoms with van der Waals surface area (Å²) >= 11 is 0. The third-order valence-electron chi connectivity index (χ3n) is 4.44. The number of amides is 1. The third-order valence-corrected chi connectivity index (χ3v) is 4.44. The van der Waals surface area contributed by atoms with Crippen molar-refractivity contribution in [3.05, 3.63) is 59.7 Å². The minimum Gasteiger partial charge on any atom is -0.497 e. The fraction of sp³-hybridized carbons (Fsp3) is 0.316. The van der Waals surface area contributed by atoms with E-state index < -0.39 is 0 Å². The van der Waals surface area contributed by atoms with Crippen LogP contribution < -0.4 is 14.8 Å². The molecule has 1 N–H and O–H groups in total. The Labute approximate surface area is 136 Å². The van der Waals surface area contributed by atoms with E-state index in [0.717, 1.165) is 35.5 Å². The van der Waals surface area contributed by atoms with Gasteiger partial charge in [-0.25, -0.2) is 0 Å². The molecule has 0 saturated heterocycles. The molecule has 23 heavy (non-hydrogen) atoms. The summed E-state index contributed by atoms with van der Waals surface area (Å²) in [4.78, 5) is 12.6. The zero-order chi connectivity index (χ0) is 16.3. The van der Waals surface area contributed by atoms with Gasteiger partial charge < -0.3 is 14.8 Å². The van der Waals surface area contributed by atoms with Gasteiger partial charge in [0.05, 0.1) is 19.6 Å². The highest BCUT2D eigenvalue weighted by Gasteiger charge is 2.51. The zero-order valence-electron chi connectivity index (χ0n) is 13.5. The van der Waals surface area contributed by atoms with Crippen molar-refractivity contribution in [2.45, 2.75) is 24.8 Å². The second-order valence-corrected chi connectivity index (χ2v) is 5.84. The molecule has 0 aromatic heterocycles. The molecule has 0 atom stereocenters. The normalized spacial score (nSPS) is 14.9. The van der Waals surface area contributed by atoms with Crippen molar-refractivity contribution in [2.24, 2.45) is 0 Å². The molecule has 3 rings (SSSR count). The van der Waals surface area contributed by atoms with Crippen LogP contribution in [0, 0.1) is 0 Å². The number of benzene rings is 2. The van der Waals surface area contributed by atoms with Crippen LogP contribution in [0.2, 0.25) is 0 Å². The Morgan fingerprint density at radius 1 is 0.957 bits per heavy atom. The Morgan fingerprint density at radius 2 is 1.48 bits per heavy atom. The number of hydrogen-bond acceptors (Lipinski definition) is 3. The summed E-state index contributed by atoms with van der Waals surface area (Å²) in [6.07, 6.45) is 1.79. The Morgan fingerprint density at radius 3 is 1.96 bits per heavy atom. The van der Waals surface area contributed by atoms with E-state index in [1.165, 1.54) is 0 Å². The first-order valence-corrected chi connectivity index (χ1v) is 7.74. The van der Waals surface area contributed by atoms with Gasteiger partial charge in [0.25, 0.3) is 0 Å². The topological polar surface area (TPSA) is 47.6 Å². The van der Waals surface area contributed by atoms with E-state index in [9.17, 15) is 4.79 Å². The van der Waals surface area contributed by atoms with E-state index >= 15 is 0 Å². The average molecular weight is 311 g/mol. The number of carbonyl (C=O) groups is 1. The summed E-state index contributed by atoms with van der Waals surface area (Å²) in [7, 11) is 3.28. The van der Waals surface area contributed by atoms with Crippen LogP contribution in [0.1, 0.15) is 24.0 Å². The number of nitrogens with one attached hydrogen (secondary N) is 1. The van der Waals surface area contributed by atoms with E-state index in [1.807, 2.05) is 48.5 Å². The summed E-state index contributed by atoms with van der Waals surface area (Å²) in [5.41, 5.74) is 1.76. The minimum atomic E-state index is -0.362. The average Bonchev–Trinajstić information content (AvgIpc) is 3.42. The van der Waals surface area contributed by atoms with Gasteiger partial charge in [0.2, 0.25) is 5.91 Å². The highest BCUT2D eigenvalue weighted by Crippen LogP contribution is 2.48. The molecule has 1 aliphatic rings. The minimum absolute atomic E-state index is 0.0958. The maximum atomic E-state index is 12.6. The number of hydrogen-bond donors (Lipinski definition) is 1. The fourth-order valence-corrected chi connectivity index (χ4v) is 2.78. The molecular formula is C19H21NO3. The SMILES string of the molecule is COc1ccc(CNC(=O)C2(c3ccc(OC)cc3)CC2)cc1. The van der Waals surface area contributed by atoms with E-state index in [2.05, 4.69) is 5.32 Å². The monoisotopic (exact) mass is 311 g/mol. The summed E-state index contributed by atoms with van der Waals surface area (Å²) in [6, 6.07) is 15.5. The van der Waals surface area contributed by atoms with Crippen molar-refractivity contribution in [1.29, 1.82) is 0 Å². The van der Waals surface area contributed by atoms with Crippen LogP contribution in [0.15, 0.2) is 48.5 Å². The molecule has 0 radical (unpaired) electrons. The summed E-state index contributed by atoms with van der Waals surface area (Å²) in [5.74, 6) is 1.72. The van der Waals surface area contributed by atoms with Crippen molar-refractivity contribution < 1.29 is 14.3 Å². The van der Waals surface area contributed by atoms with Crippen molar-refractivity contribution in [1.82, 2.24) is 5.32 Å². The maximum Gasteiger partial charge on any atom is 0.230 e. The van der Waals surface area contributed by atoms with E-state index in [-0.39, 0.29) is 11.3 Å². The van der Waals surface area contributed by atoms with Crippen LogP contribution in [0.4, 0.5) is 0 Å². The molecule has 1 amide bonds. The van der Waals surface area contributed by atoms with E-state index in [1.54, 1.807) is 14.2 Å².